The molecule has 1 heteroatoms. The third kappa shape index (κ3) is 1.84. The normalized spacial score (nSPS) is 16.5. The molecule has 0 heterocycles. The third-order valence-corrected chi connectivity index (χ3v) is 3.55. The molecule has 0 saturated heterocycles. The summed E-state index contributed by atoms with van der Waals surface area (Å²) in [4.78, 5) is 12.6. The van der Waals surface area contributed by atoms with Crippen molar-refractivity contribution in [3.8, 4) is 0 Å². The van der Waals surface area contributed by atoms with Crippen molar-refractivity contribution < 1.29 is 4.79 Å². The van der Waals surface area contributed by atoms with Gasteiger partial charge in [-0.2, -0.15) is 0 Å². The van der Waals surface area contributed by atoms with Crippen LogP contribution in [0.5, 0.6) is 0 Å². The van der Waals surface area contributed by atoms with Gasteiger partial charge in [-0.3, -0.25) is 4.79 Å². The van der Waals surface area contributed by atoms with Gasteiger partial charge in [0.25, 0.3) is 0 Å². The highest BCUT2D eigenvalue weighted by Crippen LogP contribution is 2.36. The van der Waals surface area contributed by atoms with Crippen LogP contribution in [0, 0.1) is 0 Å². The monoisotopic (exact) mass is 246 g/mol. The molecule has 0 saturated carbocycles. The molecule has 0 atom stereocenters. The van der Waals surface area contributed by atoms with Crippen molar-refractivity contribution in [1.29, 1.82) is 0 Å². The van der Waals surface area contributed by atoms with Crippen molar-refractivity contribution in [2.24, 2.45) is 0 Å². The summed E-state index contributed by atoms with van der Waals surface area (Å²) in [5, 5.41) is 0. The molecule has 0 fully saturated rings. The van der Waals surface area contributed by atoms with Crippen molar-refractivity contribution in [1.82, 2.24) is 0 Å². The van der Waals surface area contributed by atoms with E-state index >= 15 is 0 Å². The summed E-state index contributed by atoms with van der Waals surface area (Å²) >= 11 is 0. The highest BCUT2D eigenvalue weighted by atomic mass is 16.1. The van der Waals surface area contributed by atoms with Crippen molar-refractivity contribution in [2.45, 2.75) is 5.41 Å². The Hall–Kier alpha value is -2.41. The lowest BCUT2D eigenvalue weighted by Gasteiger charge is -2.31. The molecule has 0 bridgehead atoms. The Morgan fingerprint density at radius 1 is 0.684 bits per heavy atom. The van der Waals surface area contributed by atoms with Crippen LogP contribution >= 0.6 is 0 Å². The maximum absolute atomic E-state index is 12.6. The quantitative estimate of drug-likeness (QED) is 0.790. The SMILES string of the molecule is O=C1C=CC=CC1(c1ccccc1)c1ccccc1. The molecule has 3 rings (SSSR count). The number of allylic oxidation sites excluding steroid dienone is 4. The van der Waals surface area contributed by atoms with Crippen molar-refractivity contribution in [3.63, 3.8) is 0 Å². The molecule has 2 aromatic rings. The van der Waals surface area contributed by atoms with Crippen molar-refractivity contribution in [3.05, 3.63) is 96.1 Å². The molecule has 0 aliphatic heterocycles. The first kappa shape index (κ1) is 11.7. The molecule has 0 unspecified atom stereocenters. The van der Waals surface area contributed by atoms with Gasteiger partial charge in [0.1, 0.15) is 5.41 Å². The van der Waals surface area contributed by atoms with Gasteiger partial charge in [-0.25, -0.2) is 0 Å². The minimum Gasteiger partial charge on any atom is -0.293 e. The lowest BCUT2D eigenvalue weighted by Crippen LogP contribution is -2.35. The Labute approximate surface area is 112 Å². The van der Waals surface area contributed by atoms with Gasteiger partial charge in [-0.15, -0.1) is 0 Å². The van der Waals surface area contributed by atoms with Gasteiger partial charge in [0, 0.05) is 0 Å². The van der Waals surface area contributed by atoms with E-state index in [2.05, 4.69) is 0 Å². The molecule has 2 aromatic carbocycles. The zero-order valence-electron chi connectivity index (χ0n) is 10.5. The van der Waals surface area contributed by atoms with E-state index < -0.39 is 5.41 Å². The first-order valence-electron chi connectivity index (χ1n) is 6.35. The van der Waals surface area contributed by atoms with Gasteiger partial charge < -0.3 is 0 Å². The summed E-state index contributed by atoms with van der Waals surface area (Å²) in [7, 11) is 0. The fourth-order valence-electron chi connectivity index (χ4n) is 2.60. The highest BCUT2D eigenvalue weighted by Gasteiger charge is 2.38. The number of carbonyl (C=O) groups excluding carboxylic acids is 1. The van der Waals surface area contributed by atoms with E-state index in [-0.39, 0.29) is 5.78 Å². The first-order valence-corrected chi connectivity index (χ1v) is 6.35. The van der Waals surface area contributed by atoms with Crippen molar-refractivity contribution in [2.75, 3.05) is 0 Å². The van der Waals surface area contributed by atoms with E-state index in [4.69, 9.17) is 0 Å². The van der Waals surface area contributed by atoms with E-state index in [9.17, 15) is 4.79 Å². The molecule has 0 amide bonds. The number of hydrogen-bond donors (Lipinski definition) is 0. The zero-order chi connectivity index (χ0) is 13.1. The predicted molar refractivity (Wildman–Crippen MR) is 77.0 cm³/mol. The van der Waals surface area contributed by atoms with Crippen LogP contribution in [0.15, 0.2) is 85.0 Å². The van der Waals surface area contributed by atoms with Gasteiger partial charge in [-0.05, 0) is 17.2 Å². The summed E-state index contributed by atoms with van der Waals surface area (Å²) in [5.41, 5.74) is 1.33. The Kier molecular flexibility index (Phi) is 2.88. The van der Waals surface area contributed by atoms with E-state index in [1.807, 2.05) is 72.8 Å². The Morgan fingerprint density at radius 3 is 1.68 bits per heavy atom. The first-order chi connectivity index (χ1) is 9.34. The summed E-state index contributed by atoms with van der Waals surface area (Å²) in [6, 6.07) is 19.9. The van der Waals surface area contributed by atoms with Crippen molar-refractivity contribution >= 4 is 5.78 Å². The van der Waals surface area contributed by atoms with Crippen LogP contribution in [0.3, 0.4) is 0 Å². The molecular formula is C18H14O. The number of hydrogen-bond acceptors (Lipinski definition) is 1. The molecule has 19 heavy (non-hydrogen) atoms. The van der Waals surface area contributed by atoms with E-state index in [1.165, 1.54) is 0 Å². The topological polar surface area (TPSA) is 17.1 Å². The number of ketones is 1. The highest BCUT2D eigenvalue weighted by molar-refractivity contribution is 6.05. The molecule has 92 valence electrons. The van der Waals surface area contributed by atoms with E-state index in [0.29, 0.717) is 0 Å². The Morgan fingerprint density at radius 2 is 1.21 bits per heavy atom. The van der Waals surface area contributed by atoms with Crippen LogP contribution in [-0.2, 0) is 10.2 Å². The molecule has 0 radical (unpaired) electrons. The number of rotatable bonds is 2. The molecule has 0 aromatic heterocycles. The number of benzene rings is 2. The van der Waals surface area contributed by atoms with Gasteiger partial charge in [0.2, 0.25) is 0 Å². The van der Waals surface area contributed by atoms with E-state index in [1.54, 1.807) is 12.2 Å². The standard InChI is InChI=1S/C18H14O/c19-17-13-7-8-14-18(17,15-9-3-1-4-10-15)16-11-5-2-6-12-16/h1-14H. The zero-order valence-corrected chi connectivity index (χ0v) is 10.5. The second-order valence-corrected chi connectivity index (χ2v) is 4.62. The van der Waals surface area contributed by atoms with Crippen LogP contribution in [-0.4, -0.2) is 5.78 Å². The lowest BCUT2D eigenvalue weighted by atomic mass is 9.69. The summed E-state index contributed by atoms with van der Waals surface area (Å²) in [6.07, 6.45) is 7.38. The minimum absolute atomic E-state index is 0.104. The average molecular weight is 246 g/mol. The van der Waals surface area contributed by atoms with Crippen LogP contribution in [0.25, 0.3) is 0 Å². The molecule has 0 spiro atoms. The third-order valence-electron chi connectivity index (χ3n) is 3.55. The van der Waals surface area contributed by atoms with Gasteiger partial charge >= 0.3 is 0 Å². The van der Waals surface area contributed by atoms with Gasteiger partial charge in [-0.1, -0.05) is 78.9 Å². The van der Waals surface area contributed by atoms with Crippen LogP contribution < -0.4 is 0 Å². The minimum atomic E-state index is -0.683. The van der Waals surface area contributed by atoms with Gasteiger partial charge in [0.05, 0.1) is 0 Å². The fraction of sp³-hybridized carbons (Fsp3) is 0.0556. The lowest BCUT2D eigenvalue weighted by molar-refractivity contribution is -0.117. The Bertz CT molecular complexity index is 596. The second-order valence-electron chi connectivity index (χ2n) is 4.62. The Balaban J connectivity index is 2.26. The van der Waals surface area contributed by atoms with Crippen LogP contribution in [0.4, 0.5) is 0 Å². The largest absolute Gasteiger partial charge is 0.293 e. The predicted octanol–water partition coefficient (Wildman–Crippen LogP) is 3.67. The van der Waals surface area contributed by atoms with Crippen LogP contribution in [0.1, 0.15) is 11.1 Å². The molecule has 1 nitrogen and oxygen atoms in total. The smallest absolute Gasteiger partial charge is 0.174 e. The average Bonchev–Trinajstić information content (AvgIpc) is 2.50. The molecule has 1 aliphatic carbocycles. The summed E-state index contributed by atoms with van der Waals surface area (Å²) in [5.74, 6) is 0.104. The molecular weight excluding hydrogens is 232 g/mol. The number of carbonyl (C=O) groups is 1. The van der Waals surface area contributed by atoms with E-state index in [0.717, 1.165) is 11.1 Å². The van der Waals surface area contributed by atoms with Gasteiger partial charge in [0.15, 0.2) is 5.78 Å². The van der Waals surface area contributed by atoms with Crippen LogP contribution in [0.2, 0.25) is 0 Å². The summed E-state index contributed by atoms with van der Waals surface area (Å²) in [6.45, 7) is 0. The fourth-order valence-corrected chi connectivity index (χ4v) is 2.60. The maximum Gasteiger partial charge on any atom is 0.174 e. The molecule has 1 aliphatic rings. The second kappa shape index (κ2) is 4.69. The maximum atomic E-state index is 12.6. The summed E-state index contributed by atoms with van der Waals surface area (Å²) < 4.78 is 0. The molecule has 0 N–H and O–H groups in total.